The summed E-state index contributed by atoms with van der Waals surface area (Å²) in [7, 11) is 5.70. The van der Waals surface area contributed by atoms with Crippen molar-refractivity contribution in [1.82, 2.24) is 9.88 Å². The average molecular weight is 412 g/mol. The van der Waals surface area contributed by atoms with Gasteiger partial charge in [-0.2, -0.15) is 0 Å². The molecule has 0 spiro atoms. The lowest BCUT2D eigenvalue weighted by Crippen LogP contribution is -2.20. The standard InChI is InChI=1S/C21H25N5O2S/c1-26(2)13-12-22-16-6-4-15(5-7-16)20(27)25-19-14-23-21(29-19)24-17-8-10-18(28-3)11-9-17/h4-11,14,22H,12-13H2,1-3H3,(H,23,24)(H,25,27). The largest absolute Gasteiger partial charge is 0.497 e. The Bertz CT molecular complexity index is 923. The van der Waals surface area contributed by atoms with E-state index in [1.165, 1.54) is 11.3 Å². The van der Waals surface area contributed by atoms with E-state index < -0.39 is 0 Å². The van der Waals surface area contributed by atoms with Crippen LogP contribution in [0.25, 0.3) is 0 Å². The molecule has 3 aromatic rings. The first-order valence-corrected chi connectivity index (χ1v) is 10.0. The lowest BCUT2D eigenvalue weighted by molar-refractivity contribution is 0.102. The summed E-state index contributed by atoms with van der Waals surface area (Å²) in [6.07, 6.45) is 1.64. The van der Waals surface area contributed by atoms with Crippen molar-refractivity contribution in [3.63, 3.8) is 0 Å². The molecule has 0 saturated heterocycles. The summed E-state index contributed by atoms with van der Waals surface area (Å²) in [4.78, 5) is 18.9. The van der Waals surface area contributed by atoms with E-state index in [9.17, 15) is 4.79 Å². The fraction of sp³-hybridized carbons (Fsp3) is 0.238. The van der Waals surface area contributed by atoms with Crippen molar-refractivity contribution in [3.05, 3.63) is 60.3 Å². The SMILES string of the molecule is COc1ccc(Nc2ncc(NC(=O)c3ccc(NCCN(C)C)cc3)s2)cc1. The first kappa shape index (κ1) is 20.6. The Morgan fingerprint density at radius 3 is 2.41 bits per heavy atom. The maximum absolute atomic E-state index is 12.5. The van der Waals surface area contributed by atoms with Crippen molar-refractivity contribution in [1.29, 1.82) is 0 Å². The molecular weight excluding hydrogens is 386 g/mol. The fourth-order valence-corrected chi connectivity index (χ4v) is 3.27. The molecule has 0 unspecified atom stereocenters. The van der Waals surface area contributed by atoms with Gasteiger partial charge in [0.25, 0.3) is 5.91 Å². The Morgan fingerprint density at radius 2 is 1.76 bits per heavy atom. The number of rotatable bonds is 9. The van der Waals surface area contributed by atoms with E-state index in [4.69, 9.17) is 4.74 Å². The summed E-state index contributed by atoms with van der Waals surface area (Å²) in [5.74, 6) is 0.631. The van der Waals surface area contributed by atoms with E-state index in [-0.39, 0.29) is 5.91 Å². The van der Waals surface area contributed by atoms with Gasteiger partial charge in [0.05, 0.1) is 13.3 Å². The zero-order chi connectivity index (χ0) is 20.6. The van der Waals surface area contributed by atoms with E-state index in [0.29, 0.717) is 15.7 Å². The van der Waals surface area contributed by atoms with E-state index in [1.807, 2.05) is 62.6 Å². The first-order valence-electron chi connectivity index (χ1n) is 9.20. The maximum atomic E-state index is 12.5. The molecule has 7 nitrogen and oxygen atoms in total. The minimum atomic E-state index is -0.163. The number of methoxy groups -OCH3 is 1. The minimum Gasteiger partial charge on any atom is -0.497 e. The number of aromatic nitrogens is 1. The number of thiazole rings is 1. The molecule has 0 aliphatic heterocycles. The highest BCUT2D eigenvalue weighted by atomic mass is 32.1. The number of amides is 1. The average Bonchev–Trinajstić information content (AvgIpc) is 3.15. The number of anilines is 4. The van der Waals surface area contributed by atoms with Gasteiger partial charge in [-0.15, -0.1) is 0 Å². The van der Waals surface area contributed by atoms with Crippen molar-refractivity contribution in [2.24, 2.45) is 0 Å². The van der Waals surface area contributed by atoms with Gasteiger partial charge in [0, 0.05) is 30.0 Å². The molecule has 0 aliphatic rings. The molecule has 8 heteroatoms. The zero-order valence-electron chi connectivity index (χ0n) is 16.7. The van der Waals surface area contributed by atoms with Crippen LogP contribution in [0.5, 0.6) is 5.75 Å². The highest BCUT2D eigenvalue weighted by molar-refractivity contribution is 7.19. The molecule has 0 atom stereocenters. The predicted molar refractivity (Wildman–Crippen MR) is 120 cm³/mol. The number of nitrogens with one attached hydrogen (secondary N) is 3. The third-order valence-corrected chi connectivity index (χ3v) is 4.95. The number of likely N-dealkylation sites (N-methyl/N-ethyl adjacent to an activating group) is 1. The van der Waals surface area contributed by atoms with Crippen LogP contribution in [0.2, 0.25) is 0 Å². The van der Waals surface area contributed by atoms with Crippen LogP contribution in [0.4, 0.5) is 21.5 Å². The van der Waals surface area contributed by atoms with Crippen LogP contribution in [0.15, 0.2) is 54.7 Å². The molecular formula is C21H25N5O2S. The second kappa shape index (κ2) is 9.90. The van der Waals surface area contributed by atoms with Gasteiger partial charge in [0.15, 0.2) is 5.13 Å². The lowest BCUT2D eigenvalue weighted by Gasteiger charge is -2.11. The number of ether oxygens (including phenoxy) is 1. The molecule has 0 fully saturated rings. The fourth-order valence-electron chi connectivity index (χ4n) is 2.53. The highest BCUT2D eigenvalue weighted by Crippen LogP contribution is 2.27. The van der Waals surface area contributed by atoms with Crippen molar-refractivity contribution < 1.29 is 9.53 Å². The second-order valence-electron chi connectivity index (χ2n) is 6.64. The zero-order valence-corrected chi connectivity index (χ0v) is 17.5. The third kappa shape index (κ3) is 6.20. The smallest absolute Gasteiger partial charge is 0.256 e. The van der Waals surface area contributed by atoms with Gasteiger partial charge in [0.1, 0.15) is 10.8 Å². The summed E-state index contributed by atoms with van der Waals surface area (Å²) < 4.78 is 5.15. The van der Waals surface area contributed by atoms with Crippen molar-refractivity contribution in [2.45, 2.75) is 0 Å². The first-order chi connectivity index (χ1) is 14.0. The van der Waals surface area contributed by atoms with Gasteiger partial charge in [0.2, 0.25) is 0 Å². The summed E-state index contributed by atoms with van der Waals surface area (Å²) in [5, 5.41) is 10.8. The van der Waals surface area contributed by atoms with Gasteiger partial charge >= 0.3 is 0 Å². The predicted octanol–water partition coefficient (Wildman–Crippen LogP) is 4.12. The van der Waals surface area contributed by atoms with Crippen LogP contribution in [-0.4, -0.2) is 50.1 Å². The Balaban J connectivity index is 1.54. The summed E-state index contributed by atoms with van der Waals surface area (Å²) >= 11 is 1.38. The van der Waals surface area contributed by atoms with Crippen LogP contribution >= 0.6 is 11.3 Å². The molecule has 0 aliphatic carbocycles. The van der Waals surface area contributed by atoms with Crippen LogP contribution in [0.1, 0.15) is 10.4 Å². The van der Waals surface area contributed by atoms with Crippen LogP contribution in [0, 0.1) is 0 Å². The number of hydrogen-bond donors (Lipinski definition) is 3. The van der Waals surface area contributed by atoms with E-state index in [0.717, 1.165) is 30.2 Å². The van der Waals surface area contributed by atoms with E-state index >= 15 is 0 Å². The van der Waals surface area contributed by atoms with Gasteiger partial charge in [-0.1, -0.05) is 11.3 Å². The van der Waals surface area contributed by atoms with Crippen molar-refractivity contribution in [2.75, 3.05) is 50.2 Å². The number of carbonyl (C=O) groups is 1. The summed E-state index contributed by atoms with van der Waals surface area (Å²) in [6, 6.07) is 15.0. The molecule has 0 saturated carbocycles. The Kier molecular flexibility index (Phi) is 7.04. The molecule has 152 valence electrons. The molecule has 29 heavy (non-hydrogen) atoms. The molecule has 1 amide bonds. The third-order valence-electron chi connectivity index (χ3n) is 4.12. The topological polar surface area (TPSA) is 78.5 Å². The highest BCUT2D eigenvalue weighted by Gasteiger charge is 2.09. The molecule has 0 radical (unpaired) electrons. The van der Waals surface area contributed by atoms with Crippen molar-refractivity contribution >= 4 is 38.8 Å². The monoisotopic (exact) mass is 411 g/mol. The van der Waals surface area contributed by atoms with Crippen LogP contribution < -0.4 is 20.7 Å². The van der Waals surface area contributed by atoms with Crippen LogP contribution in [-0.2, 0) is 0 Å². The Hall–Kier alpha value is -3.10. The Morgan fingerprint density at radius 1 is 1.07 bits per heavy atom. The normalized spacial score (nSPS) is 10.6. The maximum Gasteiger partial charge on any atom is 0.256 e. The van der Waals surface area contributed by atoms with E-state index in [2.05, 4.69) is 25.8 Å². The quantitative estimate of drug-likeness (QED) is 0.492. The number of hydrogen-bond acceptors (Lipinski definition) is 7. The molecule has 1 aromatic heterocycles. The lowest BCUT2D eigenvalue weighted by atomic mass is 10.2. The molecule has 0 bridgehead atoms. The summed E-state index contributed by atoms with van der Waals surface area (Å²) in [5.41, 5.74) is 2.49. The number of benzene rings is 2. The summed E-state index contributed by atoms with van der Waals surface area (Å²) in [6.45, 7) is 1.80. The molecule has 3 N–H and O–H groups in total. The molecule has 3 rings (SSSR count). The van der Waals surface area contributed by atoms with Gasteiger partial charge in [-0.05, 0) is 62.6 Å². The van der Waals surface area contributed by atoms with Gasteiger partial charge in [-0.25, -0.2) is 4.98 Å². The van der Waals surface area contributed by atoms with Crippen LogP contribution in [0.3, 0.4) is 0 Å². The number of nitrogens with zero attached hydrogens (tertiary/aromatic N) is 2. The molecule has 1 heterocycles. The van der Waals surface area contributed by atoms with Crippen molar-refractivity contribution in [3.8, 4) is 5.75 Å². The van der Waals surface area contributed by atoms with Gasteiger partial charge in [-0.3, -0.25) is 4.79 Å². The van der Waals surface area contributed by atoms with Gasteiger partial charge < -0.3 is 25.6 Å². The minimum absolute atomic E-state index is 0.163. The Labute approximate surface area is 174 Å². The molecule has 2 aromatic carbocycles. The second-order valence-corrected chi connectivity index (χ2v) is 7.68. The number of carbonyl (C=O) groups excluding carboxylic acids is 1. The van der Waals surface area contributed by atoms with E-state index in [1.54, 1.807) is 13.3 Å².